The molecule has 0 radical (unpaired) electrons. The summed E-state index contributed by atoms with van der Waals surface area (Å²) in [5.41, 5.74) is 2.77. The SMILES string of the molecule is NS(=O)(=O)c1ccc(C(=C2CCOC2=O)c2ccc(Cl)cc2)cc1. The first-order valence-corrected chi connectivity index (χ1v) is 9.08. The molecule has 0 bridgehead atoms. The van der Waals surface area contributed by atoms with Gasteiger partial charge in [-0.05, 0) is 41.0 Å². The number of hydrogen-bond acceptors (Lipinski definition) is 4. The highest BCUT2D eigenvalue weighted by Crippen LogP contribution is 2.32. The Kier molecular flexibility index (Phi) is 4.45. The van der Waals surface area contributed by atoms with Gasteiger partial charge in [0.25, 0.3) is 0 Å². The van der Waals surface area contributed by atoms with Crippen molar-refractivity contribution >= 4 is 33.2 Å². The average molecular weight is 364 g/mol. The van der Waals surface area contributed by atoms with Gasteiger partial charge in [0.05, 0.1) is 11.5 Å². The number of hydrogen-bond donors (Lipinski definition) is 1. The van der Waals surface area contributed by atoms with Gasteiger partial charge in [0.1, 0.15) is 0 Å². The van der Waals surface area contributed by atoms with Gasteiger partial charge in [-0.25, -0.2) is 18.4 Å². The molecular weight excluding hydrogens is 350 g/mol. The van der Waals surface area contributed by atoms with Gasteiger partial charge in [0, 0.05) is 17.0 Å². The summed E-state index contributed by atoms with van der Waals surface area (Å²) in [6.45, 7) is 0.334. The standard InChI is InChI=1S/C17H14ClNO4S/c18-13-5-1-11(2-6-13)16(15-9-10-23-17(15)20)12-3-7-14(8-4-12)24(19,21)22/h1-8H,9-10H2,(H2,19,21,22). The van der Waals surface area contributed by atoms with Gasteiger partial charge >= 0.3 is 5.97 Å². The number of halogens is 1. The lowest BCUT2D eigenvalue weighted by Crippen LogP contribution is -2.12. The van der Waals surface area contributed by atoms with Gasteiger partial charge in [-0.15, -0.1) is 0 Å². The summed E-state index contributed by atoms with van der Waals surface area (Å²) in [6.07, 6.45) is 0.494. The first kappa shape index (κ1) is 16.7. The molecule has 0 atom stereocenters. The molecule has 2 N–H and O–H groups in total. The van der Waals surface area contributed by atoms with Crippen LogP contribution in [0.25, 0.3) is 5.57 Å². The molecule has 0 saturated carbocycles. The second-order valence-corrected chi connectivity index (χ2v) is 7.31. The van der Waals surface area contributed by atoms with Crippen molar-refractivity contribution in [1.29, 1.82) is 0 Å². The molecule has 3 rings (SSSR count). The molecule has 24 heavy (non-hydrogen) atoms. The van der Waals surface area contributed by atoms with Crippen LogP contribution in [0.2, 0.25) is 5.02 Å². The molecule has 1 aliphatic rings. The second-order valence-electron chi connectivity index (χ2n) is 5.32. The van der Waals surface area contributed by atoms with Crippen molar-refractivity contribution in [1.82, 2.24) is 0 Å². The van der Waals surface area contributed by atoms with Crippen LogP contribution >= 0.6 is 11.6 Å². The number of rotatable bonds is 3. The van der Waals surface area contributed by atoms with E-state index in [1.807, 2.05) is 12.1 Å². The number of esters is 1. The molecule has 5 nitrogen and oxygen atoms in total. The highest BCUT2D eigenvalue weighted by Gasteiger charge is 2.25. The van der Waals surface area contributed by atoms with E-state index in [0.717, 1.165) is 5.56 Å². The van der Waals surface area contributed by atoms with Crippen LogP contribution in [0, 0.1) is 0 Å². The summed E-state index contributed by atoms with van der Waals surface area (Å²) in [7, 11) is -3.77. The monoisotopic (exact) mass is 363 g/mol. The number of sulfonamides is 1. The van der Waals surface area contributed by atoms with Crippen LogP contribution in [0.5, 0.6) is 0 Å². The van der Waals surface area contributed by atoms with E-state index in [1.54, 1.807) is 24.3 Å². The minimum atomic E-state index is -3.77. The zero-order valence-electron chi connectivity index (χ0n) is 12.5. The summed E-state index contributed by atoms with van der Waals surface area (Å²) in [5, 5.41) is 5.71. The van der Waals surface area contributed by atoms with Crippen molar-refractivity contribution in [3.05, 3.63) is 70.3 Å². The maximum Gasteiger partial charge on any atom is 0.334 e. The zero-order valence-corrected chi connectivity index (χ0v) is 14.1. The Morgan fingerprint density at radius 3 is 2.00 bits per heavy atom. The number of benzene rings is 2. The van der Waals surface area contributed by atoms with Crippen molar-refractivity contribution < 1.29 is 17.9 Å². The van der Waals surface area contributed by atoms with Crippen molar-refractivity contribution in [3.63, 3.8) is 0 Å². The van der Waals surface area contributed by atoms with Crippen molar-refractivity contribution in [2.45, 2.75) is 11.3 Å². The molecule has 0 aromatic heterocycles. The summed E-state index contributed by atoms with van der Waals surface area (Å²) in [6, 6.07) is 13.2. The van der Waals surface area contributed by atoms with Gasteiger partial charge in [-0.1, -0.05) is 35.9 Å². The molecule has 0 spiro atoms. The number of primary sulfonamides is 1. The van der Waals surface area contributed by atoms with E-state index in [2.05, 4.69) is 0 Å². The summed E-state index contributed by atoms with van der Waals surface area (Å²) < 4.78 is 27.9. The molecule has 1 fully saturated rings. The molecule has 7 heteroatoms. The predicted octanol–water partition coefficient (Wildman–Crippen LogP) is 2.74. The summed E-state index contributed by atoms with van der Waals surface area (Å²) in [4.78, 5) is 12.0. The van der Waals surface area contributed by atoms with E-state index >= 15 is 0 Å². The number of cyclic esters (lactones) is 1. The lowest BCUT2D eigenvalue weighted by atomic mass is 9.92. The second kappa shape index (κ2) is 6.39. The number of ether oxygens (including phenoxy) is 1. The third-order valence-electron chi connectivity index (χ3n) is 3.74. The van der Waals surface area contributed by atoms with E-state index < -0.39 is 10.0 Å². The highest BCUT2D eigenvalue weighted by molar-refractivity contribution is 7.89. The van der Waals surface area contributed by atoms with Crippen LogP contribution in [0.4, 0.5) is 0 Å². The number of carbonyl (C=O) groups is 1. The molecular formula is C17H14ClNO4S. The molecule has 0 aliphatic carbocycles. The van der Waals surface area contributed by atoms with Crippen LogP contribution in [-0.4, -0.2) is 21.0 Å². The fourth-order valence-electron chi connectivity index (χ4n) is 2.60. The minimum absolute atomic E-state index is 0.0145. The van der Waals surface area contributed by atoms with E-state index in [9.17, 15) is 13.2 Å². The molecule has 1 saturated heterocycles. The van der Waals surface area contributed by atoms with Crippen LogP contribution in [0.15, 0.2) is 59.0 Å². The topological polar surface area (TPSA) is 86.5 Å². The Labute approximate surface area is 144 Å². The van der Waals surface area contributed by atoms with Crippen molar-refractivity contribution in [2.75, 3.05) is 6.61 Å². The lowest BCUT2D eigenvalue weighted by molar-refractivity contribution is -0.135. The van der Waals surface area contributed by atoms with Crippen molar-refractivity contribution in [2.24, 2.45) is 5.14 Å². The lowest BCUT2D eigenvalue weighted by Gasteiger charge is -2.12. The van der Waals surface area contributed by atoms with Gasteiger partial charge < -0.3 is 4.74 Å². The highest BCUT2D eigenvalue weighted by atomic mass is 35.5. The average Bonchev–Trinajstić information content (AvgIpc) is 2.95. The van der Waals surface area contributed by atoms with E-state index in [-0.39, 0.29) is 10.9 Å². The summed E-state index contributed by atoms with van der Waals surface area (Å²) in [5.74, 6) is -0.365. The molecule has 0 unspecified atom stereocenters. The fraction of sp³-hybridized carbons (Fsp3) is 0.118. The zero-order chi connectivity index (χ0) is 17.3. The van der Waals surface area contributed by atoms with Gasteiger partial charge in [-0.3, -0.25) is 0 Å². The number of nitrogens with two attached hydrogens (primary N) is 1. The van der Waals surface area contributed by atoms with Crippen LogP contribution < -0.4 is 5.14 Å². The molecule has 1 aliphatic heterocycles. The Morgan fingerprint density at radius 1 is 1.00 bits per heavy atom. The Bertz CT molecular complexity index is 916. The van der Waals surface area contributed by atoms with Gasteiger partial charge in [0.15, 0.2) is 0 Å². The normalized spacial score (nSPS) is 16.8. The molecule has 2 aromatic carbocycles. The Morgan fingerprint density at radius 2 is 1.54 bits per heavy atom. The smallest absolute Gasteiger partial charge is 0.334 e. The Balaban J connectivity index is 2.16. The molecule has 0 amide bonds. The van der Waals surface area contributed by atoms with E-state index in [1.165, 1.54) is 12.1 Å². The number of carbonyl (C=O) groups excluding carboxylic acids is 1. The third-order valence-corrected chi connectivity index (χ3v) is 4.92. The van der Waals surface area contributed by atoms with E-state index in [4.69, 9.17) is 21.5 Å². The molecule has 2 aromatic rings. The maximum atomic E-state index is 12.0. The summed E-state index contributed by atoms with van der Waals surface area (Å²) >= 11 is 5.93. The predicted molar refractivity (Wildman–Crippen MR) is 90.9 cm³/mol. The largest absolute Gasteiger partial charge is 0.462 e. The maximum absolute atomic E-state index is 12.0. The van der Waals surface area contributed by atoms with Crippen LogP contribution in [-0.2, 0) is 19.6 Å². The quantitative estimate of drug-likeness (QED) is 0.671. The minimum Gasteiger partial charge on any atom is -0.462 e. The molecule has 124 valence electrons. The first-order valence-electron chi connectivity index (χ1n) is 7.16. The van der Waals surface area contributed by atoms with Crippen LogP contribution in [0.3, 0.4) is 0 Å². The van der Waals surface area contributed by atoms with Gasteiger partial charge in [-0.2, -0.15) is 0 Å². The van der Waals surface area contributed by atoms with Crippen LogP contribution in [0.1, 0.15) is 17.5 Å². The van der Waals surface area contributed by atoms with Crippen molar-refractivity contribution in [3.8, 4) is 0 Å². The molecule has 1 heterocycles. The fourth-order valence-corrected chi connectivity index (χ4v) is 3.25. The van der Waals surface area contributed by atoms with E-state index in [0.29, 0.717) is 34.8 Å². The first-order chi connectivity index (χ1) is 11.4. The Hall–Kier alpha value is -2.15. The van der Waals surface area contributed by atoms with Gasteiger partial charge in [0.2, 0.25) is 10.0 Å². The third kappa shape index (κ3) is 3.36.